The van der Waals surface area contributed by atoms with Crippen molar-refractivity contribution < 1.29 is 13.9 Å². The molecular weight excluding hydrogens is 358 g/mol. The predicted molar refractivity (Wildman–Crippen MR) is 98.6 cm³/mol. The van der Waals surface area contributed by atoms with Crippen LogP contribution in [0.25, 0.3) is 11.1 Å². The van der Waals surface area contributed by atoms with E-state index in [4.69, 9.17) is 5.73 Å². The molecule has 26 heavy (non-hydrogen) atoms. The van der Waals surface area contributed by atoms with Gasteiger partial charge in [0, 0.05) is 53.2 Å². The molecule has 0 amide bonds. The third-order valence-corrected chi connectivity index (χ3v) is 5.87. The van der Waals surface area contributed by atoms with Crippen molar-refractivity contribution in [2.45, 2.75) is 31.9 Å². The zero-order valence-corrected chi connectivity index (χ0v) is 14.0. The van der Waals surface area contributed by atoms with Gasteiger partial charge in [0.15, 0.2) is 5.17 Å². The summed E-state index contributed by atoms with van der Waals surface area (Å²) < 4.78 is 29.1. The quantitative estimate of drug-likeness (QED) is 0.839. The fourth-order valence-corrected chi connectivity index (χ4v) is 4.83. The third-order valence-electron chi connectivity index (χ3n) is 4.92. The number of rotatable bonds is 2. The fourth-order valence-electron chi connectivity index (χ4n) is 3.82. The van der Waals surface area contributed by atoms with Gasteiger partial charge in [0.1, 0.15) is 18.0 Å². The van der Waals surface area contributed by atoms with Crippen LogP contribution in [0, 0.1) is 17.6 Å². The molecule has 1 aromatic heterocycles. The normalized spacial score (nSPS) is 27.4. The number of aliphatic hydroxyl groups is 1. The van der Waals surface area contributed by atoms with Crippen LogP contribution in [0.2, 0.25) is 0 Å². The number of amidine groups is 1. The fraction of sp³-hybridized carbons (Fsp3) is 0.389. The molecule has 4 rings (SSSR count). The van der Waals surface area contributed by atoms with Crippen molar-refractivity contribution in [2.24, 2.45) is 16.6 Å². The van der Waals surface area contributed by atoms with Crippen LogP contribution in [-0.4, -0.2) is 32.1 Å². The Labute approximate surface area is 154 Å². The molecule has 2 aliphatic rings. The average molecular weight is 378 g/mol. The Kier molecular flexibility index (Phi) is 4.98. The molecule has 0 unspecified atom stereocenters. The van der Waals surface area contributed by atoms with Crippen LogP contribution in [0.4, 0.5) is 8.78 Å². The molecule has 1 fully saturated rings. The largest absolute Gasteiger partial charge is 0.393 e. The number of halogens is 2. The Morgan fingerprint density at radius 2 is 1.92 bits per heavy atom. The molecule has 138 valence electrons. The van der Waals surface area contributed by atoms with E-state index in [1.165, 1.54) is 36.5 Å². The average Bonchev–Trinajstić information content (AvgIpc) is 2.91. The standard InChI is InChI=1S/C17H16F2N4OS.CH4/c18-14-3-15(19)13(2-12(14)9-5-21-8-22-6-9)17-4-11(24)1-10(17)7-25-16(20)23-17;/h2-3,5-6,8,10-11,24H,1,4,7H2,(H2,20,23);1H4/t10-,11+,17-;/m0./s1. The number of hydrogen-bond donors (Lipinski definition) is 2. The molecule has 2 aromatic rings. The molecule has 5 nitrogen and oxygen atoms in total. The number of aliphatic hydroxyl groups excluding tert-OH is 1. The Hall–Kier alpha value is -2.06. The van der Waals surface area contributed by atoms with Crippen LogP contribution < -0.4 is 5.73 Å². The monoisotopic (exact) mass is 378 g/mol. The molecule has 0 saturated heterocycles. The van der Waals surface area contributed by atoms with E-state index in [9.17, 15) is 13.9 Å². The molecular formula is C18H20F2N4OS. The number of nitrogens with zero attached hydrogens (tertiary/aromatic N) is 3. The van der Waals surface area contributed by atoms with Gasteiger partial charge in [-0.15, -0.1) is 0 Å². The highest BCUT2D eigenvalue weighted by molar-refractivity contribution is 8.13. The summed E-state index contributed by atoms with van der Waals surface area (Å²) in [6.45, 7) is 0. The molecule has 3 atom stereocenters. The number of hydrogen-bond acceptors (Lipinski definition) is 6. The topological polar surface area (TPSA) is 84.4 Å². The number of aliphatic imine (C=N–C) groups is 1. The van der Waals surface area contributed by atoms with E-state index in [0.29, 0.717) is 22.9 Å². The minimum Gasteiger partial charge on any atom is -0.393 e. The van der Waals surface area contributed by atoms with Crippen molar-refractivity contribution in [3.63, 3.8) is 0 Å². The van der Waals surface area contributed by atoms with Crippen LogP contribution >= 0.6 is 11.8 Å². The molecule has 1 aliphatic heterocycles. The Bertz CT molecular complexity index is 849. The first kappa shape index (κ1) is 18.7. The zero-order valence-electron chi connectivity index (χ0n) is 13.2. The highest BCUT2D eigenvalue weighted by atomic mass is 32.2. The van der Waals surface area contributed by atoms with Crippen LogP contribution in [-0.2, 0) is 5.54 Å². The van der Waals surface area contributed by atoms with E-state index in [1.54, 1.807) is 0 Å². The SMILES string of the molecule is C.NC1=N[C@@]2(c3cc(-c4cncnc4)c(F)cc3F)C[C@H](O)C[C@H]2CS1. The zero-order chi connectivity index (χ0) is 17.6. The molecule has 3 N–H and O–H groups in total. The number of nitrogens with two attached hydrogens (primary N) is 1. The summed E-state index contributed by atoms with van der Waals surface area (Å²) >= 11 is 1.40. The van der Waals surface area contributed by atoms with Crippen molar-refractivity contribution in [3.05, 3.63) is 48.1 Å². The Morgan fingerprint density at radius 3 is 2.65 bits per heavy atom. The highest BCUT2D eigenvalue weighted by Crippen LogP contribution is 2.52. The van der Waals surface area contributed by atoms with Crippen LogP contribution in [0.5, 0.6) is 0 Å². The number of thioether (sulfide) groups is 1. The maximum absolute atomic E-state index is 14.7. The van der Waals surface area contributed by atoms with E-state index in [-0.39, 0.29) is 30.9 Å². The molecule has 1 saturated carbocycles. The maximum Gasteiger partial charge on any atom is 0.154 e. The van der Waals surface area contributed by atoms with Crippen molar-refractivity contribution in [2.75, 3.05) is 5.75 Å². The second-order valence-electron chi connectivity index (χ2n) is 6.41. The summed E-state index contributed by atoms with van der Waals surface area (Å²) in [6, 6.07) is 2.32. The van der Waals surface area contributed by atoms with Gasteiger partial charge in [0.2, 0.25) is 0 Å². The van der Waals surface area contributed by atoms with Gasteiger partial charge in [0.25, 0.3) is 0 Å². The van der Waals surface area contributed by atoms with Crippen molar-refractivity contribution in [3.8, 4) is 11.1 Å². The van der Waals surface area contributed by atoms with Gasteiger partial charge >= 0.3 is 0 Å². The number of fused-ring (bicyclic) bond motifs is 1. The molecule has 0 radical (unpaired) electrons. The predicted octanol–water partition coefficient (Wildman–Crippen LogP) is 3.09. The summed E-state index contributed by atoms with van der Waals surface area (Å²) in [4.78, 5) is 12.3. The molecule has 1 aromatic carbocycles. The van der Waals surface area contributed by atoms with E-state index in [1.807, 2.05) is 0 Å². The highest BCUT2D eigenvalue weighted by Gasteiger charge is 2.51. The van der Waals surface area contributed by atoms with Gasteiger partial charge in [-0.1, -0.05) is 19.2 Å². The Morgan fingerprint density at radius 1 is 1.19 bits per heavy atom. The first-order valence-electron chi connectivity index (χ1n) is 7.90. The minimum atomic E-state index is -0.961. The van der Waals surface area contributed by atoms with E-state index in [0.717, 1.165) is 6.07 Å². The van der Waals surface area contributed by atoms with Gasteiger partial charge < -0.3 is 10.8 Å². The van der Waals surface area contributed by atoms with Gasteiger partial charge in [-0.3, -0.25) is 4.99 Å². The lowest BCUT2D eigenvalue weighted by Crippen LogP contribution is -2.37. The smallest absolute Gasteiger partial charge is 0.154 e. The first-order chi connectivity index (χ1) is 12.0. The summed E-state index contributed by atoms with van der Waals surface area (Å²) in [5.41, 5.74) is 5.86. The van der Waals surface area contributed by atoms with Crippen molar-refractivity contribution >= 4 is 16.9 Å². The number of benzene rings is 1. The van der Waals surface area contributed by atoms with Crippen LogP contribution in [0.1, 0.15) is 25.8 Å². The van der Waals surface area contributed by atoms with Crippen molar-refractivity contribution in [1.82, 2.24) is 9.97 Å². The second kappa shape index (κ2) is 6.92. The summed E-state index contributed by atoms with van der Waals surface area (Å²) in [5, 5.41) is 10.5. The van der Waals surface area contributed by atoms with Gasteiger partial charge in [-0.05, 0) is 12.5 Å². The lowest BCUT2D eigenvalue weighted by molar-refractivity contribution is 0.173. The summed E-state index contributed by atoms with van der Waals surface area (Å²) in [5.74, 6) is -0.780. The Balaban J connectivity index is 0.00000196. The molecule has 1 aliphatic carbocycles. The van der Waals surface area contributed by atoms with E-state index >= 15 is 0 Å². The second-order valence-corrected chi connectivity index (χ2v) is 7.46. The van der Waals surface area contributed by atoms with E-state index in [2.05, 4.69) is 15.0 Å². The van der Waals surface area contributed by atoms with Crippen molar-refractivity contribution in [1.29, 1.82) is 0 Å². The minimum absolute atomic E-state index is 0. The van der Waals surface area contributed by atoms with Gasteiger partial charge in [-0.2, -0.15) is 0 Å². The molecule has 0 bridgehead atoms. The number of aromatic nitrogens is 2. The molecule has 0 spiro atoms. The molecule has 8 heteroatoms. The van der Waals surface area contributed by atoms with E-state index < -0.39 is 23.3 Å². The summed E-state index contributed by atoms with van der Waals surface area (Å²) in [6.07, 6.45) is 4.49. The summed E-state index contributed by atoms with van der Waals surface area (Å²) in [7, 11) is 0. The first-order valence-corrected chi connectivity index (χ1v) is 8.89. The lowest BCUT2D eigenvalue weighted by atomic mass is 9.80. The lowest BCUT2D eigenvalue weighted by Gasteiger charge is -2.36. The van der Waals surface area contributed by atoms with Gasteiger partial charge in [0.05, 0.1) is 11.6 Å². The van der Waals surface area contributed by atoms with Crippen LogP contribution in [0.15, 0.2) is 35.8 Å². The maximum atomic E-state index is 14.7. The van der Waals surface area contributed by atoms with Crippen LogP contribution in [0.3, 0.4) is 0 Å². The van der Waals surface area contributed by atoms with Gasteiger partial charge in [-0.25, -0.2) is 18.7 Å². The molecule has 2 heterocycles. The third kappa shape index (κ3) is 2.97.